The lowest BCUT2D eigenvalue weighted by atomic mass is 10.0. The van der Waals surface area contributed by atoms with E-state index in [1.54, 1.807) is 17.0 Å². The maximum Gasteiger partial charge on any atom is 0.326 e. The van der Waals surface area contributed by atoms with Gasteiger partial charge in [0.1, 0.15) is 24.2 Å². The van der Waals surface area contributed by atoms with Crippen LogP contribution in [0.25, 0.3) is 10.4 Å². The quantitative estimate of drug-likeness (QED) is 0.0167. The molecule has 73 heavy (non-hydrogen) atoms. The van der Waals surface area contributed by atoms with Gasteiger partial charge in [-0.15, -0.1) is 0 Å². The molecule has 0 unspecified atom stereocenters. The molecule has 0 aliphatic rings. The number of unbranched alkanes of at least 4 members (excludes halogenated alkanes) is 3. The number of benzene rings is 3. The number of carbonyl (C=O) groups excluding carboxylic acids is 6. The molecular weight excluding hydrogens is 1010 g/mol. The molecule has 4 atom stereocenters. The highest BCUT2D eigenvalue weighted by Crippen LogP contribution is 2.16. The number of nitrogens with zero attached hydrogens (tertiary/aromatic N) is 4. The van der Waals surface area contributed by atoms with Gasteiger partial charge in [-0.1, -0.05) is 100 Å². The molecule has 0 heterocycles. The van der Waals surface area contributed by atoms with Crippen molar-refractivity contribution < 1.29 is 58.5 Å². The second-order valence-corrected chi connectivity index (χ2v) is 18.0. The zero-order valence-electron chi connectivity index (χ0n) is 40.5. The highest BCUT2D eigenvalue weighted by atomic mass is 79.9. The molecule has 9 N–H and O–H groups in total. The molecule has 3 aromatic rings. The van der Waals surface area contributed by atoms with E-state index in [4.69, 9.17) is 10.6 Å². The third-order valence-corrected chi connectivity index (χ3v) is 11.8. The zero-order valence-corrected chi connectivity index (χ0v) is 42.1. The van der Waals surface area contributed by atoms with Crippen molar-refractivity contribution in [2.24, 2.45) is 5.11 Å². The van der Waals surface area contributed by atoms with E-state index in [1.807, 2.05) is 72.8 Å². The molecule has 3 aromatic carbocycles. The first-order valence-corrected chi connectivity index (χ1v) is 24.8. The van der Waals surface area contributed by atoms with Gasteiger partial charge in [0.25, 0.3) is 0 Å². The van der Waals surface area contributed by atoms with E-state index >= 15 is 0 Å². The third kappa shape index (κ3) is 25.4. The third-order valence-electron chi connectivity index (χ3n) is 11.3. The number of azide groups is 1. The molecular formula is C50H65BrN10O12. The van der Waals surface area contributed by atoms with Crippen LogP contribution in [0.5, 0.6) is 0 Å². The summed E-state index contributed by atoms with van der Waals surface area (Å²) in [5.41, 5.74) is 11.0. The lowest BCUT2D eigenvalue weighted by molar-refractivity contribution is -0.141. The fourth-order valence-corrected chi connectivity index (χ4v) is 7.62. The maximum absolute atomic E-state index is 13.8. The van der Waals surface area contributed by atoms with Gasteiger partial charge < -0.3 is 52.1 Å². The molecule has 0 spiro atoms. The fraction of sp³-hybridized carbons (Fsp3) is 0.460. The molecule has 0 saturated heterocycles. The molecule has 394 valence electrons. The van der Waals surface area contributed by atoms with Crippen molar-refractivity contribution in [1.82, 2.24) is 36.8 Å². The van der Waals surface area contributed by atoms with E-state index in [0.717, 1.165) is 21.2 Å². The van der Waals surface area contributed by atoms with Crippen LogP contribution in [0, 0.1) is 0 Å². The van der Waals surface area contributed by atoms with Crippen molar-refractivity contribution in [3.05, 3.63) is 117 Å². The SMILES string of the molecule is [N-]=[N+]=NCCCNC(=O)[C@H](Cc1ccccc1)NC(=O)[C@H](Cc1ccccc1)NC(=O)CCC(=O)NCCCCCC(=O)N(CCCC[C@H](NC(=O)N[C@@H](CCC(=O)O)C(=O)O)C(=O)O)Cc1ccc(Br)cc1. The van der Waals surface area contributed by atoms with E-state index in [2.05, 4.69) is 57.9 Å². The van der Waals surface area contributed by atoms with Gasteiger partial charge in [0.05, 0.1) is 0 Å². The Morgan fingerprint density at radius 1 is 0.562 bits per heavy atom. The molecule has 0 aliphatic carbocycles. The first kappa shape index (κ1) is 59.8. The standard InChI is InChI=1S/C50H65BrN10O12/c51-37-21-19-36(20-22-37)33-61(30-11-9-17-38(48(69)70)58-50(73)59-39(49(71)72)23-26-45(65)66)44(64)18-8-3-10-27-53-42(62)24-25-43(63)56-41(32-35-15-6-2-7-16-35)47(68)57-40(31-34-13-4-1-5-14-34)46(67)54-28-12-29-55-60-52/h1-2,4-7,13-16,19-22,38-41H,3,8-12,17-18,23-33H2,(H,53,62)(H,54,67)(H,56,63)(H,57,68)(H,65,66)(H,69,70)(H,71,72)(H2,58,59,73)/t38-,39-,40-,41-/m0/s1. The van der Waals surface area contributed by atoms with Crippen LogP contribution < -0.4 is 31.9 Å². The van der Waals surface area contributed by atoms with Crippen molar-refractivity contribution in [3.63, 3.8) is 0 Å². The monoisotopic (exact) mass is 1080 g/mol. The van der Waals surface area contributed by atoms with Gasteiger partial charge in [-0.3, -0.25) is 28.8 Å². The van der Waals surface area contributed by atoms with Crippen molar-refractivity contribution in [2.45, 2.75) is 121 Å². The summed E-state index contributed by atoms with van der Waals surface area (Å²) in [6.07, 6.45) is 1.91. The number of carboxylic acids is 3. The number of urea groups is 1. The number of carboxylic acid groups (broad SMARTS) is 3. The number of amides is 7. The minimum Gasteiger partial charge on any atom is -0.481 e. The first-order valence-electron chi connectivity index (χ1n) is 24.0. The molecule has 0 bridgehead atoms. The summed E-state index contributed by atoms with van der Waals surface area (Å²) in [6.45, 7) is 1.27. The molecule has 22 nitrogen and oxygen atoms in total. The Kier molecular flexibility index (Phi) is 27.8. The average Bonchev–Trinajstić information content (AvgIpc) is 3.36. The molecule has 0 saturated carbocycles. The summed E-state index contributed by atoms with van der Waals surface area (Å²) in [6, 6.07) is 19.5. The van der Waals surface area contributed by atoms with E-state index in [9.17, 15) is 53.4 Å². The maximum atomic E-state index is 13.8. The molecule has 0 fully saturated rings. The highest BCUT2D eigenvalue weighted by molar-refractivity contribution is 9.10. The topological polar surface area (TPSA) is 338 Å². The van der Waals surface area contributed by atoms with Crippen molar-refractivity contribution >= 4 is 69.4 Å². The van der Waals surface area contributed by atoms with Crippen LogP contribution in [-0.2, 0) is 57.7 Å². The van der Waals surface area contributed by atoms with E-state index in [0.29, 0.717) is 38.6 Å². The van der Waals surface area contributed by atoms with E-state index in [-0.39, 0.29) is 82.9 Å². The summed E-state index contributed by atoms with van der Waals surface area (Å²) in [5, 5.41) is 46.8. The van der Waals surface area contributed by atoms with Crippen LogP contribution in [0.1, 0.15) is 93.7 Å². The van der Waals surface area contributed by atoms with Crippen LogP contribution in [0.15, 0.2) is 94.5 Å². The number of carbonyl (C=O) groups is 9. The Labute approximate surface area is 431 Å². The van der Waals surface area contributed by atoms with Gasteiger partial charge in [0, 0.05) is 80.6 Å². The molecule has 7 amide bonds. The number of rotatable bonds is 35. The lowest BCUT2D eigenvalue weighted by Crippen LogP contribution is -2.55. The van der Waals surface area contributed by atoms with Gasteiger partial charge in [-0.05, 0) is 79.3 Å². The molecule has 0 aliphatic heterocycles. The second kappa shape index (κ2) is 34.0. The minimum absolute atomic E-state index is 0.0277. The largest absolute Gasteiger partial charge is 0.481 e. The number of halogens is 1. The Morgan fingerprint density at radius 2 is 1.14 bits per heavy atom. The Hall–Kier alpha value is -7.52. The van der Waals surface area contributed by atoms with Crippen molar-refractivity contribution in [3.8, 4) is 0 Å². The van der Waals surface area contributed by atoms with Crippen molar-refractivity contribution in [2.75, 3.05) is 26.2 Å². The second-order valence-electron chi connectivity index (χ2n) is 17.1. The summed E-state index contributed by atoms with van der Waals surface area (Å²) >= 11 is 3.41. The first-order chi connectivity index (χ1) is 35.0. The van der Waals surface area contributed by atoms with Gasteiger partial charge in [0.2, 0.25) is 29.5 Å². The van der Waals surface area contributed by atoms with Crippen LogP contribution in [0.2, 0.25) is 0 Å². The fourth-order valence-electron chi connectivity index (χ4n) is 7.36. The van der Waals surface area contributed by atoms with Crippen LogP contribution in [0.4, 0.5) is 4.79 Å². The number of nitrogens with one attached hydrogen (secondary N) is 6. The van der Waals surface area contributed by atoms with Crippen LogP contribution in [-0.4, -0.2) is 124 Å². The summed E-state index contributed by atoms with van der Waals surface area (Å²) < 4.78 is 0.857. The highest BCUT2D eigenvalue weighted by Gasteiger charge is 2.28. The number of aliphatic carboxylic acids is 3. The minimum atomic E-state index is -1.53. The summed E-state index contributed by atoms with van der Waals surface area (Å²) in [4.78, 5) is 118. The smallest absolute Gasteiger partial charge is 0.326 e. The molecule has 0 radical (unpaired) electrons. The molecule has 23 heteroatoms. The predicted octanol–water partition coefficient (Wildman–Crippen LogP) is 4.75. The zero-order chi connectivity index (χ0) is 53.4. The molecule has 0 aromatic heterocycles. The summed E-state index contributed by atoms with van der Waals surface area (Å²) in [5.74, 6) is -6.17. The van der Waals surface area contributed by atoms with Crippen LogP contribution in [0.3, 0.4) is 0 Å². The van der Waals surface area contributed by atoms with Crippen LogP contribution >= 0.6 is 15.9 Å². The Balaban J connectivity index is 1.48. The average molecular weight is 1080 g/mol. The normalized spacial score (nSPS) is 12.3. The Bertz CT molecular complexity index is 2320. The predicted molar refractivity (Wildman–Crippen MR) is 271 cm³/mol. The van der Waals surface area contributed by atoms with Gasteiger partial charge in [0.15, 0.2) is 0 Å². The number of hydrogen-bond acceptors (Lipinski definition) is 10. The lowest BCUT2D eigenvalue weighted by Gasteiger charge is -2.24. The molecule has 3 rings (SSSR count). The van der Waals surface area contributed by atoms with Gasteiger partial charge in [-0.2, -0.15) is 0 Å². The number of hydrogen-bond donors (Lipinski definition) is 9. The van der Waals surface area contributed by atoms with Gasteiger partial charge >= 0.3 is 23.9 Å². The Morgan fingerprint density at radius 3 is 1.73 bits per heavy atom. The van der Waals surface area contributed by atoms with E-state index in [1.165, 1.54) is 0 Å². The van der Waals surface area contributed by atoms with Gasteiger partial charge in [-0.25, -0.2) is 14.4 Å². The van der Waals surface area contributed by atoms with E-state index < -0.39 is 78.7 Å². The van der Waals surface area contributed by atoms with Crippen molar-refractivity contribution in [1.29, 1.82) is 0 Å². The summed E-state index contributed by atoms with van der Waals surface area (Å²) in [7, 11) is 0.